The largest absolute Gasteiger partial charge is 0.480 e. The molecule has 0 aliphatic heterocycles. The maximum absolute atomic E-state index is 11.2. The second kappa shape index (κ2) is 7.98. The Hall–Kier alpha value is -2.45. The summed E-state index contributed by atoms with van der Waals surface area (Å²) in [5.41, 5.74) is 10.5. The summed E-state index contributed by atoms with van der Waals surface area (Å²) in [5, 5.41) is 18.0. The van der Waals surface area contributed by atoms with E-state index in [0.717, 1.165) is 5.56 Å². The number of carboxylic acids is 2. The van der Waals surface area contributed by atoms with Gasteiger partial charge in [-0.3, -0.25) is 14.4 Å². The van der Waals surface area contributed by atoms with Crippen LogP contribution in [0.4, 0.5) is 0 Å². The maximum atomic E-state index is 11.2. The average molecular weight is 295 g/mol. The van der Waals surface area contributed by atoms with Gasteiger partial charge in [-0.15, -0.1) is 0 Å². The highest BCUT2D eigenvalue weighted by Crippen LogP contribution is 2.03. The normalized spacial score (nSPS) is 13.3. The number of nitrogens with two attached hydrogens (primary N) is 1. The lowest BCUT2D eigenvalue weighted by molar-refractivity contribution is -0.143. The number of carbonyl (C=O) groups is 3. The third-order valence-electron chi connectivity index (χ3n) is 2.72. The van der Waals surface area contributed by atoms with E-state index in [1.807, 2.05) is 0 Å². The molecular formula is C13H17N3O5. The van der Waals surface area contributed by atoms with Gasteiger partial charge in [-0.25, -0.2) is 10.9 Å². The van der Waals surface area contributed by atoms with Gasteiger partial charge in [0.2, 0.25) is 5.91 Å². The number of benzene rings is 1. The molecule has 0 heterocycles. The van der Waals surface area contributed by atoms with E-state index in [2.05, 4.69) is 10.9 Å². The maximum Gasteiger partial charge on any atom is 0.322 e. The zero-order valence-corrected chi connectivity index (χ0v) is 11.2. The summed E-state index contributed by atoms with van der Waals surface area (Å²) in [6.07, 6.45) is -0.286. The van der Waals surface area contributed by atoms with Crippen LogP contribution in [0.25, 0.3) is 0 Å². The molecule has 0 aliphatic rings. The zero-order valence-electron chi connectivity index (χ0n) is 11.2. The van der Waals surface area contributed by atoms with E-state index in [9.17, 15) is 14.4 Å². The van der Waals surface area contributed by atoms with Crippen molar-refractivity contribution in [1.82, 2.24) is 10.9 Å². The Kier molecular flexibility index (Phi) is 6.31. The lowest BCUT2D eigenvalue weighted by atomic mass is 10.1. The molecule has 1 aromatic rings. The molecule has 0 spiro atoms. The minimum Gasteiger partial charge on any atom is -0.480 e. The summed E-state index contributed by atoms with van der Waals surface area (Å²) in [7, 11) is 0. The fraction of sp³-hybridized carbons (Fsp3) is 0.308. The van der Waals surface area contributed by atoms with Gasteiger partial charge in [0.15, 0.2) is 0 Å². The van der Waals surface area contributed by atoms with Gasteiger partial charge in [-0.1, -0.05) is 30.3 Å². The van der Waals surface area contributed by atoms with E-state index in [1.165, 1.54) is 0 Å². The third kappa shape index (κ3) is 6.02. The fourth-order valence-electron chi connectivity index (χ4n) is 1.65. The van der Waals surface area contributed by atoms with Gasteiger partial charge in [0.25, 0.3) is 0 Å². The number of hydrazine groups is 1. The van der Waals surface area contributed by atoms with Crippen molar-refractivity contribution in [1.29, 1.82) is 0 Å². The summed E-state index contributed by atoms with van der Waals surface area (Å²) in [5.74, 6) is -3.24. The van der Waals surface area contributed by atoms with Crippen LogP contribution in [0.1, 0.15) is 12.0 Å². The van der Waals surface area contributed by atoms with Crippen molar-refractivity contribution in [3.05, 3.63) is 35.9 Å². The highest BCUT2D eigenvalue weighted by molar-refractivity contribution is 5.83. The number of aliphatic carboxylic acids is 2. The first-order valence-corrected chi connectivity index (χ1v) is 6.19. The number of hydrogen-bond donors (Lipinski definition) is 5. The summed E-state index contributed by atoms with van der Waals surface area (Å²) in [6, 6.07) is 6.54. The van der Waals surface area contributed by atoms with Crippen LogP contribution in [-0.4, -0.2) is 40.1 Å². The van der Waals surface area contributed by atoms with Crippen LogP contribution in [0.2, 0.25) is 0 Å². The first-order valence-electron chi connectivity index (χ1n) is 6.19. The van der Waals surface area contributed by atoms with Gasteiger partial charge < -0.3 is 15.9 Å². The molecule has 1 rings (SSSR count). The molecular weight excluding hydrogens is 278 g/mol. The Balaban J connectivity index is 2.64. The van der Waals surface area contributed by atoms with Crippen molar-refractivity contribution in [2.75, 3.05) is 0 Å². The Morgan fingerprint density at radius 2 is 1.52 bits per heavy atom. The molecule has 0 bridgehead atoms. The van der Waals surface area contributed by atoms with Crippen molar-refractivity contribution in [3.63, 3.8) is 0 Å². The van der Waals surface area contributed by atoms with Gasteiger partial charge in [-0.2, -0.15) is 0 Å². The lowest BCUT2D eigenvalue weighted by Crippen LogP contribution is -2.54. The number of carbonyl (C=O) groups excluding carboxylic acids is 1. The van der Waals surface area contributed by atoms with Crippen molar-refractivity contribution in [2.24, 2.45) is 5.73 Å². The molecule has 2 atom stereocenters. The molecule has 1 amide bonds. The Bertz CT molecular complexity index is 506. The summed E-state index contributed by atoms with van der Waals surface area (Å²) in [4.78, 5) is 32.8. The van der Waals surface area contributed by atoms with Crippen molar-refractivity contribution in [3.8, 4) is 0 Å². The van der Waals surface area contributed by atoms with E-state index >= 15 is 0 Å². The summed E-state index contributed by atoms with van der Waals surface area (Å²) in [6.45, 7) is 0. The second-order valence-electron chi connectivity index (χ2n) is 4.43. The van der Waals surface area contributed by atoms with Gasteiger partial charge >= 0.3 is 11.9 Å². The molecule has 114 valence electrons. The minimum absolute atomic E-state index is 0.159. The first-order chi connectivity index (χ1) is 9.90. The molecule has 0 unspecified atom stereocenters. The number of rotatable bonds is 9. The average Bonchev–Trinajstić information content (AvgIpc) is 2.42. The van der Waals surface area contributed by atoms with E-state index in [1.54, 1.807) is 30.3 Å². The van der Waals surface area contributed by atoms with Crippen LogP contribution < -0.4 is 16.6 Å². The molecule has 0 aromatic heterocycles. The second-order valence-corrected chi connectivity index (χ2v) is 4.43. The predicted molar refractivity (Wildman–Crippen MR) is 73.1 cm³/mol. The number of amides is 1. The third-order valence-corrected chi connectivity index (χ3v) is 2.72. The summed E-state index contributed by atoms with van der Waals surface area (Å²) >= 11 is 0. The van der Waals surface area contributed by atoms with Crippen molar-refractivity contribution < 1.29 is 24.6 Å². The van der Waals surface area contributed by atoms with Crippen LogP contribution in [0, 0.1) is 0 Å². The van der Waals surface area contributed by atoms with Crippen molar-refractivity contribution >= 4 is 17.8 Å². The molecule has 8 heteroatoms. The fourth-order valence-corrected chi connectivity index (χ4v) is 1.65. The first kappa shape index (κ1) is 16.6. The Labute approximate surface area is 120 Å². The van der Waals surface area contributed by atoms with Gasteiger partial charge in [0, 0.05) is 0 Å². The van der Waals surface area contributed by atoms with Crippen LogP contribution in [0.5, 0.6) is 0 Å². The van der Waals surface area contributed by atoms with E-state index < -0.39 is 36.4 Å². The smallest absolute Gasteiger partial charge is 0.322 e. The van der Waals surface area contributed by atoms with Gasteiger partial charge in [-0.05, 0) is 12.0 Å². The molecule has 21 heavy (non-hydrogen) atoms. The molecule has 0 aliphatic carbocycles. The highest BCUT2D eigenvalue weighted by atomic mass is 16.4. The molecule has 0 saturated carbocycles. The topological polar surface area (TPSA) is 142 Å². The minimum atomic E-state index is -1.30. The zero-order chi connectivity index (χ0) is 15.8. The molecule has 8 nitrogen and oxygen atoms in total. The van der Waals surface area contributed by atoms with E-state index in [4.69, 9.17) is 15.9 Å². The molecule has 1 aromatic carbocycles. The molecule has 6 N–H and O–H groups in total. The Morgan fingerprint density at radius 3 is 2.00 bits per heavy atom. The van der Waals surface area contributed by atoms with Gasteiger partial charge in [0.1, 0.15) is 12.1 Å². The standard InChI is InChI=1S/C13H17N3O5/c14-11(17)7-10(13(20)21)16-15-9(12(18)19)6-8-4-2-1-3-5-8/h1-5,9-10,15-16H,6-7H2,(H2,14,17)(H,18,19)(H,20,21)/t9-,10-/m0/s1. The number of hydrogen-bond acceptors (Lipinski definition) is 5. The van der Waals surface area contributed by atoms with Crippen LogP contribution in [0.15, 0.2) is 30.3 Å². The van der Waals surface area contributed by atoms with E-state index in [0.29, 0.717) is 0 Å². The molecule has 0 saturated heterocycles. The van der Waals surface area contributed by atoms with Crippen LogP contribution in [0.3, 0.4) is 0 Å². The monoisotopic (exact) mass is 295 g/mol. The highest BCUT2D eigenvalue weighted by Gasteiger charge is 2.23. The number of carboxylic acid groups (broad SMARTS) is 2. The van der Waals surface area contributed by atoms with E-state index in [-0.39, 0.29) is 6.42 Å². The predicted octanol–water partition coefficient (Wildman–Crippen LogP) is -0.895. The molecule has 0 radical (unpaired) electrons. The van der Waals surface area contributed by atoms with Crippen molar-refractivity contribution in [2.45, 2.75) is 24.9 Å². The van der Waals surface area contributed by atoms with Crippen LogP contribution in [-0.2, 0) is 20.8 Å². The SMILES string of the molecule is NC(=O)C[C@H](NN[C@@H](Cc1ccccc1)C(=O)O)C(=O)O. The summed E-state index contributed by atoms with van der Waals surface area (Å²) < 4.78 is 0. The number of nitrogens with one attached hydrogen (secondary N) is 2. The van der Waals surface area contributed by atoms with Gasteiger partial charge in [0.05, 0.1) is 6.42 Å². The lowest BCUT2D eigenvalue weighted by Gasteiger charge is -2.19. The quantitative estimate of drug-likeness (QED) is 0.372. The molecule has 0 fully saturated rings. The number of primary amides is 1. The Morgan fingerprint density at radius 1 is 1.00 bits per heavy atom. The van der Waals surface area contributed by atoms with Crippen LogP contribution >= 0.6 is 0 Å².